The van der Waals surface area contributed by atoms with E-state index in [4.69, 9.17) is 10.5 Å². The van der Waals surface area contributed by atoms with Crippen molar-refractivity contribution in [3.63, 3.8) is 0 Å². The zero-order chi connectivity index (χ0) is 11.4. The van der Waals surface area contributed by atoms with Gasteiger partial charge in [0.2, 0.25) is 0 Å². The van der Waals surface area contributed by atoms with Gasteiger partial charge in [-0.3, -0.25) is 4.98 Å². The van der Waals surface area contributed by atoms with Gasteiger partial charge in [0, 0.05) is 30.6 Å². The molecule has 0 aliphatic rings. The standard InChI is InChI=1S/C13H14N2O/c1-16-12-5-4-11(13(14)8-12)7-10-3-2-6-15-9-10/h2-6,8-9H,7,14H2,1H3. The van der Waals surface area contributed by atoms with Crippen LogP contribution < -0.4 is 10.5 Å². The molecular formula is C13H14N2O. The van der Waals surface area contributed by atoms with Crippen molar-refractivity contribution in [2.75, 3.05) is 12.8 Å². The fourth-order valence-corrected chi connectivity index (χ4v) is 1.58. The Bertz CT molecular complexity index is 469. The van der Waals surface area contributed by atoms with Crippen molar-refractivity contribution >= 4 is 5.69 Å². The number of anilines is 1. The Kier molecular flexibility index (Phi) is 3.05. The summed E-state index contributed by atoms with van der Waals surface area (Å²) in [5.41, 5.74) is 8.94. The molecule has 0 bridgehead atoms. The summed E-state index contributed by atoms with van der Waals surface area (Å²) < 4.78 is 5.11. The summed E-state index contributed by atoms with van der Waals surface area (Å²) >= 11 is 0. The minimum absolute atomic E-state index is 0.753. The van der Waals surface area contributed by atoms with Gasteiger partial charge in [0.1, 0.15) is 5.75 Å². The molecule has 0 fully saturated rings. The molecule has 2 rings (SSSR count). The molecule has 2 N–H and O–H groups in total. The summed E-state index contributed by atoms with van der Waals surface area (Å²) in [5.74, 6) is 0.785. The van der Waals surface area contributed by atoms with Crippen LogP contribution in [0.15, 0.2) is 42.7 Å². The number of aromatic nitrogens is 1. The number of pyridine rings is 1. The predicted molar refractivity (Wildman–Crippen MR) is 64.4 cm³/mol. The Morgan fingerprint density at radius 1 is 1.31 bits per heavy atom. The summed E-state index contributed by atoms with van der Waals surface area (Å²) in [6.07, 6.45) is 4.41. The molecule has 0 spiro atoms. The number of rotatable bonds is 3. The molecule has 0 unspecified atom stereocenters. The number of ether oxygens (including phenoxy) is 1. The summed E-state index contributed by atoms with van der Waals surface area (Å²) in [6.45, 7) is 0. The lowest BCUT2D eigenvalue weighted by Crippen LogP contribution is -1.97. The molecule has 0 aliphatic carbocycles. The zero-order valence-corrected chi connectivity index (χ0v) is 9.18. The van der Waals surface area contributed by atoms with E-state index >= 15 is 0 Å². The number of nitrogens with two attached hydrogens (primary N) is 1. The summed E-state index contributed by atoms with van der Waals surface area (Å²) in [6, 6.07) is 9.71. The van der Waals surface area contributed by atoms with E-state index in [1.807, 2.05) is 36.5 Å². The maximum absolute atomic E-state index is 5.94. The third kappa shape index (κ3) is 2.31. The minimum atomic E-state index is 0.753. The van der Waals surface area contributed by atoms with Gasteiger partial charge < -0.3 is 10.5 Å². The summed E-state index contributed by atoms with van der Waals surface area (Å²) in [4.78, 5) is 4.08. The molecule has 0 amide bonds. The third-order valence-corrected chi connectivity index (χ3v) is 2.47. The second-order valence-electron chi connectivity index (χ2n) is 3.60. The molecule has 16 heavy (non-hydrogen) atoms. The SMILES string of the molecule is COc1ccc(Cc2cccnc2)c(N)c1. The quantitative estimate of drug-likeness (QED) is 0.797. The van der Waals surface area contributed by atoms with E-state index in [0.29, 0.717) is 0 Å². The van der Waals surface area contributed by atoms with Gasteiger partial charge in [0.15, 0.2) is 0 Å². The molecule has 0 radical (unpaired) electrons. The van der Waals surface area contributed by atoms with Gasteiger partial charge in [0.05, 0.1) is 7.11 Å². The lowest BCUT2D eigenvalue weighted by molar-refractivity contribution is 0.415. The Morgan fingerprint density at radius 3 is 2.81 bits per heavy atom. The summed E-state index contributed by atoms with van der Waals surface area (Å²) in [5, 5.41) is 0. The van der Waals surface area contributed by atoms with Crippen LogP contribution in [0.2, 0.25) is 0 Å². The van der Waals surface area contributed by atoms with Crippen LogP contribution in [0.3, 0.4) is 0 Å². The van der Waals surface area contributed by atoms with Crippen LogP contribution in [0.25, 0.3) is 0 Å². The average Bonchev–Trinajstić information content (AvgIpc) is 2.33. The highest BCUT2D eigenvalue weighted by molar-refractivity contribution is 5.52. The van der Waals surface area contributed by atoms with Gasteiger partial charge in [-0.2, -0.15) is 0 Å². The van der Waals surface area contributed by atoms with Gasteiger partial charge in [-0.25, -0.2) is 0 Å². The van der Waals surface area contributed by atoms with E-state index in [-0.39, 0.29) is 0 Å². The molecule has 3 heteroatoms. The lowest BCUT2D eigenvalue weighted by atomic mass is 10.0. The highest BCUT2D eigenvalue weighted by Crippen LogP contribution is 2.21. The van der Waals surface area contributed by atoms with E-state index in [1.165, 1.54) is 0 Å². The van der Waals surface area contributed by atoms with Gasteiger partial charge in [0.25, 0.3) is 0 Å². The van der Waals surface area contributed by atoms with Gasteiger partial charge >= 0.3 is 0 Å². The average molecular weight is 214 g/mol. The number of methoxy groups -OCH3 is 1. The number of nitrogens with zero attached hydrogens (tertiary/aromatic N) is 1. The van der Waals surface area contributed by atoms with Gasteiger partial charge in [-0.15, -0.1) is 0 Å². The molecule has 0 atom stereocenters. The zero-order valence-electron chi connectivity index (χ0n) is 9.18. The topological polar surface area (TPSA) is 48.1 Å². The van der Waals surface area contributed by atoms with Crippen molar-refractivity contribution in [1.82, 2.24) is 4.98 Å². The molecule has 1 aromatic carbocycles. The smallest absolute Gasteiger partial charge is 0.120 e. The minimum Gasteiger partial charge on any atom is -0.497 e. The first-order valence-corrected chi connectivity index (χ1v) is 5.11. The van der Waals surface area contributed by atoms with Crippen molar-refractivity contribution in [1.29, 1.82) is 0 Å². The second kappa shape index (κ2) is 4.66. The molecule has 0 aliphatic heterocycles. The van der Waals surface area contributed by atoms with E-state index in [1.54, 1.807) is 13.3 Å². The van der Waals surface area contributed by atoms with Crippen molar-refractivity contribution in [3.05, 3.63) is 53.9 Å². The van der Waals surface area contributed by atoms with Crippen LogP contribution in [-0.2, 0) is 6.42 Å². The van der Waals surface area contributed by atoms with Crippen molar-refractivity contribution in [2.45, 2.75) is 6.42 Å². The fourth-order valence-electron chi connectivity index (χ4n) is 1.58. The molecule has 1 heterocycles. The number of hydrogen-bond acceptors (Lipinski definition) is 3. The molecule has 0 saturated heterocycles. The van der Waals surface area contributed by atoms with Gasteiger partial charge in [-0.05, 0) is 23.3 Å². The Hall–Kier alpha value is -2.03. The highest BCUT2D eigenvalue weighted by atomic mass is 16.5. The van der Waals surface area contributed by atoms with Crippen LogP contribution in [0.4, 0.5) is 5.69 Å². The van der Waals surface area contributed by atoms with Crippen molar-refractivity contribution in [3.8, 4) is 5.75 Å². The third-order valence-electron chi connectivity index (χ3n) is 2.47. The largest absolute Gasteiger partial charge is 0.497 e. The first-order chi connectivity index (χ1) is 7.79. The number of hydrogen-bond donors (Lipinski definition) is 1. The Balaban J connectivity index is 2.22. The Morgan fingerprint density at radius 2 is 2.19 bits per heavy atom. The van der Waals surface area contributed by atoms with Crippen LogP contribution in [0, 0.1) is 0 Å². The van der Waals surface area contributed by atoms with E-state index in [9.17, 15) is 0 Å². The van der Waals surface area contributed by atoms with E-state index < -0.39 is 0 Å². The maximum atomic E-state index is 5.94. The normalized spacial score (nSPS) is 10.1. The van der Waals surface area contributed by atoms with Crippen LogP contribution in [0.1, 0.15) is 11.1 Å². The Labute approximate surface area is 94.9 Å². The maximum Gasteiger partial charge on any atom is 0.120 e. The molecular weight excluding hydrogens is 200 g/mol. The van der Waals surface area contributed by atoms with Crippen molar-refractivity contribution < 1.29 is 4.74 Å². The first-order valence-electron chi connectivity index (χ1n) is 5.11. The van der Waals surface area contributed by atoms with Crippen LogP contribution in [-0.4, -0.2) is 12.1 Å². The molecule has 2 aromatic rings. The molecule has 0 saturated carbocycles. The summed E-state index contributed by atoms with van der Waals surface area (Å²) in [7, 11) is 1.63. The van der Waals surface area contributed by atoms with E-state index in [2.05, 4.69) is 4.98 Å². The molecule has 82 valence electrons. The van der Waals surface area contributed by atoms with Crippen LogP contribution >= 0.6 is 0 Å². The lowest BCUT2D eigenvalue weighted by Gasteiger charge is -2.07. The number of benzene rings is 1. The van der Waals surface area contributed by atoms with E-state index in [0.717, 1.165) is 29.0 Å². The first kappa shape index (κ1) is 10.5. The second-order valence-corrected chi connectivity index (χ2v) is 3.60. The fraction of sp³-hybridized carbons (Fsp3) is 0.154. The van der Waals surface area contributed by atoms with Crippen LogP contribution in [0.5, 0.6) is 5.75 Å². The van der Waals surface area contributed by atoms with Crippen molar-refractivity contribution in [2.24, 2.45) is 0 Å². The molecule has 1 aromatic heterocycles. The predicted octanol–water partition coefficient (Wildman–Crippen LogP) is 2.26. The van der Waals surface area contributed by atoms with Gasteiger partial charge in [-0.1, -0.05) is 12.1 Å². The molecule has 3 nitrogen and oxygen atoms in total. The number of nitrogen functional groups attached to an aromatic ring is 1. The highest BCUT2D eigenvalue weighted by Gasteiger charge is 2.02. The monoisotopic (exact) mass is 214 g/mol.